The quantitative estimate of drug-likeness (QED) is 0.532. The second kappa shape index (κ2) is 5.35. The number of fused-ring (bicyclic) bond motifs is 1. The number of halogens is 2. The van der Waals surface area contributed by atoms with E-state index in [9.17, 15) is 0 Å². The fourth-order valence-corrected chi connectivity index (χ4v) is 19.9. The Morgan fingerprint density at radius 2 is 1.24 bits per heavy atom. The molecule has 96 valence electrons. The molecule has 1 heterocycles. The number of rotatable bonds is 2. The third-order valence-electron chi connectivity index (χ3n) is 2.78. The monoisotopic (exact) mass is 424 g/mol. The van der Waals surface area contributed by atoms with Crippen LogP contribution in [0.25, 0.3) is 0 Å². The molecule has 1 aromatic rings. The summed E-state index contributed by atoms with van der Waals surface area (Å²) >= 11 is -2.76. The van der Waals surface area contributed by atoms with Crippen molar-refractivity contribution in [2.75, 3.05) is 0 Å². The van der Waals surface area contributed by atoms with E-state index in [1.54, 1.807) is 18.0 Å². The van der Waals surface area contributed by atoms with E-state index >= 15 is 0 Å². The summed E-state index contributed by atoms with van der Waals surface area (Å²) in [5.41, 5.74) is 2.80. The summed E-state index contributed by atoms with van der Waals surface area (Å²) in [6.07, 6.45) is 0. The molecule has 0 amide bonds. The van der Waals surface area contributed by atoms with E-state index in [0.29, 0.717) is 11.8 Å². The first kappa shape index (κ1) is 14.7. The molecule has 0 saturated carbocycles. The van der Waals surface area contributed by atoms with Crippen LogP contribution in [0.5, 0.6) is 0 Å². The van der Waals surface area contributed by atoms with Crippen LogP contribution in [0, 0.1) is 0 Å². The molecule has 0 spiro atoms. The van der Waals surface area contributed by atoms with E-state index in [2.05, 4.69) is 39.8 Å². The van der Waals surface area contributed by atoms with Crippen LogP contribution in [-0.4, -0.2) is 13.2 Å². The molecular formula is C12H16Cl2S2Te. The van der Waals surface area contributed by atoms with Crippen molar-refractivity contribution in [1.29, 1.82) is 0 Å². The third kappa shape index (κ3) is 3.07. The van der Waals surface area contributed by atoms with Gasteiger partial charge in [-0.15, -0.1) is 0 Å². The van der Waals surface area contributed by atoms with Gasteiger partial charge in [-0.25, -0.2) is 0 Å². The van der Waals surface area contributed by atoms with E-state index < -0.39 is 13.2 Å². The maximum atomic E-state index is 6.47. The molecule has 17 heavy (non-hydrogen) atoms. The van der Waals surface area contributed by atoms with Gasteiger partial charge in [0, 0.05) is 0 Å². The Hall–Kier alpha value is 1.29. The van der Waals surface area contributed by atoms with Crippen molar-refractivity contribution in [3.05, 3.63) is 23.3 Å². The van der Waals surface area contributed by atoms with Crippen LogP contribution in [0.4, 0.5) is 0 Å². The normalized spacial score (nSPS) is 19.8. The summed E-state index contributed by atoms with van der Waals surface area (Å²) in [6.45, 7) is 8.91. The molecule has 0 bridgehead atoms. The van der Waals surface area contributed by atoms with Crippen molar-refractivity contribution in [2.45, 2.75) is 49.3 Å². The first-order chi connectivity index (χ1) is 7.82. The molecule has 1 aliphatic rings. The van der Waals surface area contributed by atoms with Gasteiger partial charge in [0.15, 0.2) is 0 Å². The zero-order chi connectivity index (χ0) is 12.8. The summed E-state index contributed by atoms with van der Waals surface area (Å²) in [6, 6.07) is 4.51. The first-order valence-corrected chi connectivity index (χ1v) is 18.7. The van der Waals surface area contributed by atoms with Gasteiger partial charge in [0.1, 0.15) is 0 Å². The van der Waals surface area contributed by atoms with Crippen LogP contribution >= 0.6 is 35.9 Å². The van der Waals surface area contributed by atoms with Crippen molar-refractivity contribution in [2.24, 2.45) is 0 Å². The maximum absolute atomic E-state index is 6.47. The van der Waals surface area contributed by atoms with E-state index in [4.69, 9.17) is 17.9 Å². The number of hydrogen-bond acceptors (Lipinski definition) is 2. The molecule has 0 nitrogen and oxygen atoms in total. The predicted octanol–water partition coefficient (Wildman–Crippen LogP) is 6.04. The summed E-state index contributed by atoms with van der Waals surface area (Å²) in [7, 11) is 16.5. The van der Waals surface area contributed by atoms with Gasteiger partial charge in [0.25, 0.3) is 0 Å². The van der Waals surface area contributed by atoms with Gasteiger partial charge in [-0.2, -0.15) is 0 Å². The zero-order valence-corrected chi connectivity index (χ0v) is 15.8. The Balaban J connectivity index is 2.57. The zero-order valence-electron chi connectivity index (χ0n) is 10.3. The molecule has 5 heteroatoms. The van der Waals surface area contributed by atoms with E-state index in [0.717, 1.165) is 0 Å². The Bertz CT molecular complexity index is 405. The molecule has 0 N–H and O–H groups in total. The molecule has 1 aliphatic heterocycles. The molecule has 0 radical (unpaired) electrons. The fraction of sp³-hybridized carbons (Fsp3) is 0.500. The van der Waals surface area contributed by atoms with Gasteiger partial charge >= 0.3 is 122 Å². The molecule has 0 aromatic heterocycles. The Morgan fingerprint density at radius 1 is 0.882 bits per heavy atom. The minimum atomic E-state index is -2.76. The van der Waals surface area contributed by atoms with Crippen molar-refractivity contribution >= 4 is 49.1 Å². The molecule has 1 aromatic carbocycles. The molecule has 0 aliphatic carbocycles. The summed E-state index contributed by atoms with van der Waals surface area (Å²) in [5, 5.41) is 0. The van der Waals surface area contributed by atoms with E-state index in [-0.39, 0.29) is 0 Å². The van der Waals surface area contributed by atoms with Gasteiger partial charge in [-0.05, 0) is 0 Å². The standard InChI is InChI=1S/C12H16Cl2S2Te/c1-7(2)9-5-6-10(8(3)4)12-11(9)15-17(13,14)16-12/h5-8H,1-4H3. The first-order valence-electron chi connectivity index (χ1n) is 5.60. The van der Waals surface area contributed by atoms with Crippen molar-refractivity contribution in [1.82, 2.24) is 0 Å². The molecular weight excluding hydrogens is 407 g/mol. The van der Waals surface area contributed by atoms with Crippen LogP contribution in [0.15, 0.2) is 21.9 Å². The van der Waals surface area contributed by atoms with Crippen molar-refractivity contribution in [3.63, 3.8) is 0 Å². The summed E-state index contributed by atoms with van der Waals surface area (Å²) in [4.78, 5) is 2.73. The molecule has 0 saturated heterocycles. The Labute approximate surface area is 120 Å². The molecule has 2 rings (SSSR count). The van der Waals surface area contributed by atoms with Crippen LogP contribution < -0.4 is 0 Å². The molecule has 0 unspecified atom stereocenters. The fourth-order valence-electron chi connectivity index (χ4n) is 1.89. The SMILES string of the molecule is CC(C)c1ccc(C(C)C)c2c1S[Te](Cl)(Cl)S2. The van der Waals surface area contributed by atoms with E-state index in [1.165, 1.54) is 20.9 Å². The molecule has 0 fully saturated rings. The van der Waals surface area contributed by atoms with Crippen LogP contribution in [0.3, 0.4) is 0 Å². The topological polar surface area (TPSA) is 0 Å². The average molecular weight is 423 g/mol. The van der Waals surface area contributed by atoms with Gasteiger partial charge in [-0.3, -0.25) is 0 Å². The van der Waals surface area contributed by atoms with Gasteiger partial charge < -0.3 is 0 Å². The van der Waals surface area contributed by atoms with Gasteiger partial charge in [0.05, 0.1) is 0 Å². The van der Waals surface area contributed by atoms with Gasteiger partial charge in [0.2, 0.25) is 0 Å². The Kier molecular flexibility index (Phi) is 4.62. The van der Waals surface area contributed by atoms with Crippen molar-refractivity contribution < 1.29 is 0 Å². The Morgan fingerprint density at radius 3 is 1.53 bits per heavy atom. The summed E-state index contributed by atoms with van der Waals surface area (Å²) in [5.74, 6) is 1.06. The van der Waals surface area contributed by atoms with Gasteiger partial charge in [-0.1, -0.05) is 0 Å². The number of hydrogen-bond donors (Lipinski definition) is 0. The average Bonchev–Trinajstić information content (AvgIpc) is 2.49. The second-order valence-electron chi connectivity index (χ2n) is 4.76. The van der Waals surface area contributed by atoms with E-state index in [1.807, 2.05) is 0 Å². The van der Waals surface area contributed by atoms with Crippen LogP contribution in [-0.2, 0) is 0 Å². The molecule has 0 atom stereocenters. The minimum absolute atomic E-state index is 0.531. The predicted molar refractivity (Wildman–Crippen MR) is 83.8 cm³/mol. The summed E-state index contributed by atoms with van der Waals surface area (Å²) < 4.78 is 0. The van der Waals surface area contributed by atoms with Crippen molar-refractivity contribution in [3.8, 4) is 0 Å². The van der Waals surface area contributed by atoms with Crippen LogP contribution in [0.2, 0.25) is 0 Å². The third-order valence-corrected chi connectivity index (χ3v) is 18.5. The number of benzene rings is 1. The van der Waals surface area contributed by atoms with Crippen LogP contribution in [0.1, 0.15) is 50.7 Å². The second-order valence-corrected chi connectivity index (χ2v) is 31.2.